The second-order valence-electron chi connectivity index (χ2n) is 11.7. The highest BCUT2D eigenvalue weighted by Crippen LogP contribution is 2.27. The maximum atomic E-state index is 14.4. The van der Waals surface area contributed by atoms with Crippen LogP contribution in [0.25, 0.3) is 31.5 Å². The van der Waals surface area contributed by atoms with Crippen LogP contribution < -0.4 is 21.5 Å². The smallest absolute Gasteiger partial charge is 0.341 e. The molecule has 0 saturated heterocycles. The molecule has 0 amide bonds. The molecule has 4 N–H and O–H groups in total. The number of pyridine rings is 2. The largest absolute Gasteiger partial charge is 0.477 e. The average Bonchev–Trinajstić information content (AvgIpc) is 3.17. The number of nitrogens with zero attached hydrogens (tertiary/aromatic N) is 4. The fraction of sp³-hybridized carbons (Fsp3) is 0.421. The van der Waals surface area contributed by atoms with Crippen molar-refractivity contribution in [3.63, 3.8) is 0 Å². The van der Waals surface area contributed by atoms with Crippen molar-refractivity contribution in [2.24, 2.45) is 0 Å². The molecule has 0 radical (unpaired) electrons. The average molecular weight is 799 g/mol. The van der Waals surface area contributed by atoms with Crippen LogP contribution in [0.4, 0.5) is 15.8 Å². The summed E-state index contributed by atoms with van der Waals surface area (Å²) in [6, 6.07) is 5.78. The first-order chi connectivity index (χ1) is 27.0. The molecule has 0 unspecified atom stereocenters. The summed E-state index contributed by atoms with van der Waals surface area (Å²) in [5, 5.41) is 25.2. The van der Waals surface area contributed by atoms with Crippen molar-refractivity contribution in [3.05, 3.63) is 102 Å². The highest BCUT2D eigenvalue weighted by Gasteiger charge is 2.18. The van der Waals surface area contributed by atoms with Crippen LogP contribution in [0, 0.1) is 19.0 Å². The van der Waals surface area contributed by atoms with Crippen molar-refractivity contribution in [2.45, 2.75) is 26.9 Å². The van der Waals surface area contributed by atoms with E-state index in [1.54, 1.807) is 28.2 Å². The molecule has 0 bridgehead atoms. The molecule has 0 fully saturated rings. The predicted octanol–water partition coefficient (Wildman–Crippen LogP) is 4.96. The minimum Gasteiger partial charge on any atom is -0.477 e. The third kappa shape index (κ3) is 12.8. The predicted molar refractivity (Wildman–Crippen MR) is 210 cm³/mol. The Balaban J connectivity index is 0.000000300. The number of fused-ring (bicyclic) bond motifs is 2. The van der Waals surface area contributed by atoms with Crippen molar-refractivity contribution in [3.8, 4) is 0 Å². The van der Waals surface area contributed by atoms with E-state index in [-0.39, 0.29) is 22.2 Å². The second-order valence-corrected chi connectivity index (χ2v) is 12.1. The Hall–Kier alpha value is -5.56. The normalized spacial score (nSPS) is 10.8. The zero-order valence-corrected chi connectivity index (χ0v) is 31.8. The minimum atomic E-state index is -1.34. The number of aromatic nitrogens is 2. The van der Waals surface area contributed by atoms with Gasteiger partial charge < -0.3 is 58.6 Å². The van der Waals surface area contributed by atoms with E-state index in [1.165, 1.54) is 18.5 Å². The third-order valence-corrected chi connectivity index (χ3v) is 8.36. The third-order valence-electron chi connectivity index (χ3n) is 8.04. The van der Waals surface area contributed by atoms with Gasteiger partial charge in [0.05, 0.1) is 67.1 Å². The Labute approximate surface area is 326 Å². The Bertz CT molecular complexity index is 2180. The van der Waals surface area contributed by atoms with Crippen LogP contribution in [0.2, 0.25) is 5.02 Å². The highest BCUT2D eigenvalue weighted by molar-refractivity contribution is 6.34. The number of hydrogen-bond acceptors (Lipinski definition) is 10. The summed E-state index contributed by atoms with van der Waals surface area (Å²) >= 11 is 6.32. The number of aromatic carboxylic acids is 2. The number of hydrogen-bond donors (Lipinski definition) is 4. The number of carboxylic acids is 2. The Morgan fingerprint density at radius 1 is 0.696 bits per heavy atom. The lowest BCUT2D eigenvalue weighted by atomic mass is 10.1. The van der Waals surface area contributed by atoms with Crippen LogP contribution in [0.15, 0.2) is 46.2 Å². The fourth-order valence-corrected chi connectivity index (χ4v) is 5.53. The van der Waals surface area contributed by atoms with Gasteiger partial charge in [-0.3, -0.25) is 9.59 Å². The van der Waals surface area contributed by atoms with Gasteiger partial charge in [-0.2, -0.15) is 0 Å². The summed E-state index contributed by atoms with van der Waals surface area (Å²) in [5.41, 5.74) is -0.136. The van der Waals surface area contributed by atoms with Crippen LogP contribution >= 0.6 is 11.6 Å². The summed E-state index contributed by atoms with van der Waals surface area (Å²) < 4.78 is 38.8. The van der Waals surface area contributed by atoms with Crippen molar-refractivity contribution in [1.82, 2.24) is 9.13 Å². The topological polar surface area (TPSA) is 188 Å². The number of ether oxygens (including phenoxy) is 4. The zero-order valence-electron chi connectivity index (χ0n) is 31.1. The van der Waals surface area contributed by atoms with Gasteiger partial charge in [0, 0.05) is 49.3 Å². The number of rotatable bonds is 22. The van der Waals surface area contributed by atoms with E-state index in [0.717, 1.165) is 6.07 Å². The van der Waals surface area contributed by atoms with E-state index in [1.807, 2.05) is 6.92 Å². The summed E-state index contributed by atoms with van der Waals surface area (Å²) in [6.45, 7) is 22.4. The fourth-order valence-electron chi connectivity index (χ4n) is 5.30. The maximum Gasteiger partial charge on any atom is 0.341 e. The molecule has 4 aromatic rings. The molecule has 300 valence electrons. The first-order valence-electron chi connectivity index (χ1n) is 17.6. The van der Waals surface area contributed by atoms with Crippen molar-refractivity contribution >= 4 is 56.7 Å². The summed E-state index contributed by atoms with van der Waals surface area (Å²) in [7, 11) is 0. The SMILES string of the molecule is [C-]#[N+]CCOCCOCCNc1cc2c(=O)c(C(=O)O)cn(CC)c2cc1Cl.[C-]#[N+]CCOCCOCCNc1cc2c(cc1F)c(=O)c(C(=O)O)cn2CC. The minimum absolute atomic E-state index is 0.0256. The van der Waals surface area contributed by atoms with Gasteiger partial charge in [0.2, 0.25) is 23.9 Å². The molecular formula is C38H44ClFN6O10. The van der Waals surface area contributed by atoms with E-state index in [2.05, 4.69) is 20.3 Å². The molecule has 4 rings (SSSR count). The lowest BCUT2D eigenvalue weighted by Gasteiger charge is -2.14. The van der Waals surface area contributed by atoms with E-state index in [9.17, 15) is 28.7 Å². The van der Waals surface area contributed by atoms with E-state index >= 15 is 0 Å². The first-order valence-corrected chi connectivity index (χ1v) is 18.0. The molecule has 18 heteroatoms. The molecule has 16 nitrogen and oxygen atoms in total. The number of benzene rings is 2. The van der Waals surface area contributed by atoms with Gasteiger partial charge in [0.1, 0.15) is 30.2 Å². The monoisotopic (exact) mass is 798 g/mol. The van der Waals surface area contributed by atoms with Gasteiger partial charge in [-0.25, -0.2) is 27.1 Å². The van der Waals surface area contributed by atoms with Crippen LogP contribution in [-0.2, 0) is 32.0 Å². The van der Waals surface area contributed by atoms with Crippen LogP contribution in [0.1, 0.15) is 34.6 Å². The second kappa shape index (κ2) is 23.4. The number of halogens is 2. The number of carbonyl (C=O) groups is 2. The van der Waals surface area contributed by atoms with Gasteiger partial charge >= 0.3 is 11.9 Å². The quantitative estimate of drug-likeness (QED) is 0.0619. The summed E-state index contributed by atoms with van der Waals surface area (Å²) in [6.07, 6.45) is 2.61. The van der Waals surface area contributed by atoms with Gasteiger partial charge in [0.15, 0.2) is 0 Å². The molecule has 0 spiro atoms. The summed E-state index contributed by atoms with van der Waals surface area (Å²) in [5.74, 6) is -3.24. The lowest BCUT2D eigenvalue weighted by Crippen LogP contribution is -2.19. The molecule has 0 saturated carbocycles. The first kappa shape index (κ1) is 44.8. The van der Waals surface area contributed by atoms with Crippen LogP contribution in [-0.4, -0.2) is 110 Å². The molecular weight excluding hydrogens is 755 g/mol. The van der Waals surface area contributed by atoms with Gasteiger partial charge in [-0.15, -0.1) is 0 Å². The van der Waals surface area contributed by atoms with Crippen molar-refractivity contribution < 1.29 is 43.1 Å². The summed E-state index contributed by atoms with van der Waals surface area (Å²) in [4.78, 5) is 53.7. The zero-order chi connectivity index (χ0) is 41.0. The molecule has 2 aromatic carbocycles. The number of anilines is 2. The molecule has 0 aliphatic carbocycles. The molecule has 0 aliphatic rings. The molecule has 2 heterocycles. The molecule has 0 atom stereocenters. The van der Waals surface area contributed by atoms with Gasteiger partial charge in [-0.05, 0) is 38.1 Å². The van der Waals surface area contributed by atoms with Crippen LogP contribution in [0.5, 0.6) is 0 Å². The highest BCUT2D eigenvalue weighted by atomic mass is 35.5. The van der Waals surface area contributed by atoms with E-state index in [4.69, 9.17) is 48.8 Å². The number of carboxylic acid groups (broad SMARTS) is 2. The lowest BCUT2D eigenvalue weighted by molar-refractivity contribution is 0.0564. The molecule has 2 aromatic heterocycles. The molecule has 0 aliphatic heterocycles. The van der Waals surface area contributed by atoms with Crippen LogP contribution in [0.3, 0.4) is 0 Å². The van der Waals surface area contributed by atoms with Gasteiger partial charge in [-0.1, -0.05) is 11.6 Å². The van der Waals surface area contributed by atoms with E-state index in [0.29, 0.717) is 119 Å². The van der Waals surface area contributed by atoms with Gasteiger partial charge in [0.25, 0.3) is 0 Å². The maximum absolute atomic E-state index is 14.4. The van der Waals surface area contributed by atoms with E-state index < -0.39 is 28.6 Å². The Morgan fingerprint density at radius 2 is 1.12 bits per heavy atom. The Morgan fingerprint density at radius 3 is 1.57 bits per heavy atom. The standard InChI is InChI=1S/C19H22ClN3O5.C19H22FN3O5/c1-3-23-12-14(19(25)26)18(24)13-10-16(15(20)11-17(13)23)22-5-7-28-9-8-27-6-4-21-2;1-3-23-12-14(19(25)26)18(24)13-10-15(20)16(11-17(13)23)22-5-7-28-9-8-27-6-4-21-2/h2*10-12,22H,3-9H2,1H3,(H,25,26). The van der Waals surface area contributed by atoms with Crippen molar-refractivity contribution in [2.75, 3.05) is 89.7 Å². The number of nitrogens with one attached hydrogen (secondary N) is 2. The number of aryl methyl sites for hydroxylation is 2. The van der Waals surface area contributed by atoms with Crippen molar-refractivity contribution in [1.29, 1.82) is 0 Å². The Kier molecular flexibility index (Phi) is 18.7. The molecule has 56 heavy (non-hydrogen) atoms.